The van der Waals surface area contributed by atoms with Crippen LogP contribution in [-0.4, -0.2) is 22.7 Å². The van der Waals surface area contributed by atoms with Gasteiger partial charge in [-0.1, -0.05) is 24.3 Å². The van der Waals surface area contributed by atoms with Crippen molar-refractivity contribution >= 4 is 22.9 Å². The Labute approximate surface area is 105 Å². The number of carbonyl (C=O) groups is 1. The third kappa shape index (κ3) is 2.66. The number of aromatic nitrogens is 1. The van der Waals surface area contributed by atoms with Crippen LogP contribution in [-0.2, 0) is 9.53 Å². The highest BCUT2D eigenvalue weighted by molar-refractivity contribution is 5.91. The van der Waals surface area contributed by atoms with Gasteiger partial charge in [0, 0.05) is 11.5 Å². The summed E-state index contributed by atoms with van der Waals surface area (Å²) >= 11 is 0. The Balaban J connectivity index is 2.31. The van der Waals surface area contributed by atoms with Crippen molar-refractivity contribution in [3.8, 4) is 0 Å². The first-order chi connectivity index (χ1) is 8.70. The topological polar surface area (TPSA) is 59.4 Å². The summed E-state index contributed by atoms with van der Waals surface area (Å²) in [7, 11) is 0. The van der Waals surface area contributed by atoms with Gasteiger partial charge in [-0.3, -0.25) is 0 Å². The number of hydrogen-bond acceptors (Lipinski definition) is 4. The van der Waals surface area contributed by atoms with Crippen molar-refractivity contribution in [3.63, 3.8) is 0 Å². The van der Waals surface area contributed by atoms with Gasteiger partial charge in [0.25, 0.3) is 0 Å². The van der Waals surface area contributed by atoms with Crippen molar-refractivity contribution in [3.05, 3.63) is 47.9 Å². The van der Waals surface area contributed by atoms with Crippen LogP contribution in [0.2, 0.25) is 0 Å². The van der Waals surface area contributed by atoms with Crippen LogP contribution in [0.15, 0.2) is 42.2 Å². The first-order valence-electron chi connectivity index (χ1n) is 5.64. The average Bonchev–Trinajstić information content (AvgIpc) is 2.39. The van der Waals surface area contributed by atoms with E-state index in [4.69, 9.17) is 0 Å². The van der Waals surface area contributed by atoms with Gasteiger partial charge >= 0.3 is 5.97 Å². The molecule has 92 valence electrons. The van der Waals surface area contributed by atoms with E-state index in [0.29, 0.717) is 5.69 Å². The van der Waals surface area contributed by atoms with Gasteiger partial charge in [0.05, 0.1) is 17.8 Å². The van der Waals surface area contributed by atoms with Crippen molar-refractivity contribution < 1.29 is 14.6 Å². The first-order valence-corrected chi connectivity index (χ1v) is 5.64. The van der Waals surface area contributed by atoms with E-state index in [2.05, 4.69) is 9.72 Å². The van der Waals surface area contributed by atoms with Gasteiger partial charge in [-0.25, -0.2) is 9.78 Å². The fourth-order valence-corrected chi connectivity index (χ4v) is 1.57. The summed E-state index contributed by atoms with van der Waals surface area (Å²) in [6.07, 6.45) is 1.30. The molecule has 0 aliphatic rings. The van der Waals surface area contributed by atoms with Crippen molar-refractivity contribution in [1.29, 1.82) is 0 Å². The molecule has 0 atom stereocenters. The quantitative estimate of drug-likeness (QED) is 0.511. The zero-order chi connectivity index (χ0) is 13.0. The Hall–Kier alpha value is -2.36. The van der Waals surface area contributed by atoms with Gasteiger partial charge in [-0.15, -0.1) is 0 Å². The Kier molecular flexibility index (Phi) is 3.57. The molecule has 1 heterocycles. The van der Waals surface area contributed by atoms with E-state index in [1.165, 1.54) is 6.08 Å². The molecule has 0 saturated heterocycles. The number of aliphatic hydroxyl groups is 1. The molecule has 1 aromatic carbocycles. The third-order valence-corrected chi connectivity index (χ3v) is 2.39. The lowest BCUT2D eigenvalue weighted by molar-refractivity contribution is -0.141. The zero-order valence-corrected chi connectivity index (χ0v) is 9.96. The molecule has 2 rings (SSSR count). The van der Waals surface area contributed by atoms with Crippen LogP contribution in [0.4, 0.5) is 0 Å². The van der Waals surface area contributed by atoms with Crippen molar-refractivity contribution in [2.45, 2.75) is 6.92 Å². The second kappa shape index (κ2) is 5.31. The number of carbonyl (C=O) groups excluding carboxylic acids is 1. The summed E-state index contributed by atoms with van der Waals surface area (Å²) in [5.74, 6) is -1.19. The molecule has 2 aromatic rings. The number of benzene rings is 1. The van der Waals surface area contributed by atoms with Crippen LogP contribution in [0, 0.1) is 0 Å². The molecule has 0 bridgehead atoms. The summed E-state index contributed by atoms with van der Waals surface area (Å²) < 4.78 is 4.68. The van der Waals surface area contributed by atoms with Crippen LogP contribution in [0.25, 0.3) is 17.0 Å². The van der Waals surface area contributed by atoms with E-state index in [-0.39, 0.29) is 6.61 Å². The molecule has 0 unspecified atom stereocenters. The lowest BCUT2D eigenvalue weighted by Gasteiger charge is -2.01. The SMILES string of the molecule is CCOC(=O)C(O)=Cc1ccc2ccccc2n1. The van der Waals surface area contributed by atoms with E-state index >= 15 is 0 Å². The second-order valence-corrected chi connectivity index (χ2v) is 3.68. The van der Waals surface area contributed by atoms with Crippen LogP contribution < -0.4 is 0 Å². The van der Waals surface area contributed by atoms with E-state index in [9.17, 15) is 9.90 Å². The smallest absolute Gasteiger partial charge is 0.373 e. The molecule has 0 aliphatic heterocycles. The lowest BCUT2D eigenvalue weighted by atomic mass is 10.2. The molecule has 1 N–H and O–H groups in total. The molecule has 4 nitrogen and oxygen atoms in total. The largest absolute Gasteiger partial charge is 0.502 e. The van der Waals surface area contributed by atoms with Gasteiger partial charge in [0.15, 0.2) is 0 Å². The number of rotatable bonds is 3. The van der Waals surface area contributed by atoms with E-state index in [1.807, 2.05) is 30.3 Å². The van der Waals surface area contributed by atoms with E-state index < -0.39 is 11.7 Å². The van der Waals surface area contributed by atoms with Crippen molar-refractivity contribution in [1.82, 2.24) is 4.98 Å². The molecular weight excluding hydrogens is 230 g/mol. The minimum Gasteiger partial charge on any atom is -0.502 e. The summed E-state index contributed by atoms with van der Waals surface area (Å²) in [6, 6.07) is 11.2. The number of pyridine rings is 1. The van der Waals surface area contributed by atoms with Crippen LogP contribution in [0.5, 0.6) is 0 Å². The molecule has 4 heteroatoms. The maximum absolute atomic E-state index is 11.2. The molecule has 0 radical (unpaired) electrons. The number of nitrogens with zero attached hydrogens (tertiary/aromatic N) is 1. The Bertz CT molecular complexity index is 605. The van der Waals surface area contributed by atoms with Gasteiger partial charge in [0.1, 0.15) is 0 Å². The van der Waals surface area contributed by atoms with Gasteiger partial charge < -0.3 is 9.84 Å². The number of para-hydroxylation sites is 1. The maximum Gasteiger partial charge on any atom is 0.373 e. The molecule has 0 spiro atoms. The van der Waals surface area contributed by atoms with Crippen LogP contribution in [0.1, 0.15) is 12.6 Å². The van der Waals surface area contributed by atoms with Gasteiger partial charge in [-0.05, 0) is 19.1 Å². The average molecular weight is 243 g/mol. The number of hydrogen-bond donors (Lipinski definition) is 1. The summed E-state index contributed by atoms with van der Waals surface area (Å²) in [5.41, 5.74) is 1.32. The monoisotopic (exact) mass is 243 g/mol. The predicted octanol–water partition coefficient (Wildman–Crippen LogP) is 2.70. The number of ether oxygens (including phenoxy) is 1. The lowest BCUT2D eigenvalue weighted by Crippen LogP contribution is -2.06. The van der Waals surface area contributed by atoms with Crippen molar-refractivity contribution in [2.75, 3.05) is 6.61 Å². The summed E-state index contributed by atoms with van der Waals surface area (Å²) in [5, 5.41) is 10.5. The highest BCUT2D eigenvalue weighted by Crippen LogP contribution is 2.13. The van der Waals surface area contributed by atoms with Crippen LogP contribution in [0.3, 0.4) is 0 Å². The fourth-order valence-electron chi connectivity index (χ4n) is 1.57. The first kappa shape index (κ1) is 12.1. The minimum absolute atomic E-state index is 0.224. The highest BCUT2D eigenvalue weighted by atomic mass is 16.5. The number of aliphatic hydroxyl groups excluding tert-OH is 1. The molecule has 0 amide bonds. The molecule has 0 aliphatic carbocycles. The van der Waals surface area contributed by atoms with Crippen LogP contribution >= 0.6 is 0 Å². The van der Waals surface area contributed by atoms with Crippen molar-refractivity contribution in [2.24, 2.45) is 0 Å². The van der Waals surface area contributed by atoms with Gasteiger partial charge in [-0.2, -0.15) is 0 Å². The summed E-state index contributed by atoms with van der Waals surface area (Å²) in [6.45, 7) is 1.90. The molecule has 18 heavy (non-hydrogen) atoms. The molecular formula is C14H13NO3. The zero-order valence-electron chi connectivity index (χ0n) is 9.96. The third-order valence-electron chi connectivity index (χ3n) is 2.39. The predicted molar refractivity (Wildman–Crippen MR) is 69.0 cm³/mol. The minimum atomic E-state index is -0.743. The van der Waals surface area contributed by atoms with E-state index in [1.54, 1.807) is 13.0 Å². The molecule has 0 fully saturated rings. The maximum atomic E-state index is 11.2. The molecule has 1 aromatic heterocycles. The standard InChI is InChI=1S/C14H13NO3/c1-2-18-14(17)13(16)9-11-8-7-10-5-3-4-6-12(10)15-11/h3-9,16H,2H2,1H3. The molecule has 0 saturated carbocycles. The normalized spacial score (nSPS) is 11.5. The van der Waals surface area contributed by atoms with Gasteiger partial charge in [0.2, 0.25) is 5.76 Å². The van der Waals surface area contributed by atoms with E-state index in [0.717, 1.165) is 10.9 Å². The Morgan fingerprint density at radius 3 is 2.89 bits per heavy atom. The summed E-state index contributed by atoms with van der Waals surface area (Å²) in [4.78, 5) is 15.6. The fraction of sp³-hybridized carbons (Fsp3) is 0.143. The Morgan fingerprint density at radius 1 is 1.33 bits per heavy atom. The Morgan fingerprint density at radius 2 is 2.11 bits per heavy atom. The number of esters is 1. The number of fused-ring (bicyclic) bond motifs is 1. The highest BCUT2D eigenvalue weighted by Gasteiger charge is 2.08. The second-order valence-electron chi connectivity index (χ2n) is 3.68.